The Hall–Kier alpha value is -1.86. The van der Waals surface area contributed by atoms with Crippen LogP contribution in [0.4, 0.5) is 5.13 Å². The van der Waals surface area contributed by atoms with Gasteiger partial charge in [-0.15, -0.1) is 10.2 Å². The zero-order valence-corrected chi connectivity index (χ0v) is 15.5. The molecule has 1 heterocycles. The molecule has 1 aromatic carbocycles. The van der Waals surface area contributed by atoms with Crippen LogP contribution in [-0.4, -0.2) is 28.5 Å². The second-order valence-corrected chi connectivity index (χ2v) is 7.19. The Morgan fingerprint density at radius 2 is 2.17 bits per heavy atom. The summed E-state index contributed by atoms with van der Waals surface area (Å²) >= 11 is 3.06. The summed E-state index contributed by atoms with van der Waals surface area (Å²) in [5, 5.41) is 11.3. The summed E-state index contributed by atoms with van der Waals surface area (Å²) < 4.78 is 6.41. The number of hydrogen-bond donors (Lipinski definition) is 1. The monoisotopic (exact) mass is 363 g/mol. The van der Waals surface area contributed by atoms with Crippen molar-refractivity contribution >= 4 is 40.2 Å². The van der Waals surface area contributed by atoms with Crippen LogP contribution in [0.2, 0.25) is 0 Å². The Morgan fingerprint density at radius 1 is 1.33 bits per heavy atom. The average molecular weight is 364 g/mol. The Morgan fingerprint density at radius 3 is 2.96 bits per heavy atom. The first-order valence-electron chi connectivity index (χ1n) is 7.90. The predicted octanol–water partition coefficient (Wildman–Crippen LogP) is 4.48. The third kappa shape index (κ3) is 5.98. The molecule has 0 saturated heterocycles. The minimum absolute atomic E-state index is 0.234. The largest absolute Gasteiger partial charge is 0.493 e. The number of carbonyl (C=O) groups excluding carboxylic acids is 1. The number of aromatic nitrogens is 2. The molecular formula is C17H21N3O2S2. The van der Waals surface area contributed by atoms with Gasteiger partial charge in [0.15, 0.2) is 4.34 Å². The van der Waals surface area contributed by atoms with Crippen LogP contribution in [0.3, 0.4) is 0 Å². The molecule has 0 atom stereocenters. The molecule has 1 N–H and O–H groups in total. The quantitative estimate of drug-likeness (QED) is 0.308. The average Bonchev–Trinajstić information content (AvgIpc) is 3.02. The van der Waals surface area contributed by atoms with E-state index in [-0.39, 0.29) is 5.91 Å². The van der Waals surface area contributed by atoms with Crippen molar-refractivity contribution < 1.29 is 9.53 Å². The van der Waals surface area contributed by atoms with Gasteiger partial charge in [-0.1, -0.05) is 54.6 Å². The maximum atomic E-state index is 12.0. The Labute approximate surface area is 150 Å². The molecule has 128 valence electrons. The Kier molecular flexibility index (Phi) is 7.77. The molecule has 0 saturated carbocycles. The molecule has 1 amide bonds. The summed E-state index contributed by atoms with van der Waals surface area (Å²) in [5.41, 5.74) is 0.863. The maximum absolute atomic E-state index is 12.0. The van der Waals surface area contributed by atoms with E-state index < -0.39 is 0 Å². The van der Waals surface area contributed by atoms with Crippen molar-refractivity contribution in [3.8, 4) is 5.75 Å². The molecular weight excluding hydrogens is 342 g/mol. The third-order valence-electron chi connectivity index (χ3n) is 2.99. The lowest BCUT2D eigenvalue weighted by Crippen LogP contribution is -2.07. The first kappa shape index (κ1) is 18.5. The summed E-state index contributed by atoms with van der Waals surface area (Å²) in [4.78, 5) is 12.0. The van der Waals surface area contributed by atoms with Gasteiger partial charge in [-0.05, 0) is 25.5 Å². The minimum atomic E-state index is -0.234. The summed E-state index contributed by atoms with van der Waals surface area (Å²) in [6.07, 6.45) is 5.51. The molecule has 0 aliphatic carbocycles. The first-order valence-corrected chi connectivity index (χ1v) is 9.70. The number of nitrogens with one attached hydrogen (secondary N) is 1. The highest BCUT2D eigenvalue weighted by Gasteiger charge is 2.07. The van der Waals surface area contributed by atoms with Crippen molar-refractivity contribution in [3.63, 3.8) is 0 Å². The van der Waals surface area contributed by atoms with E-state index in [1.807, 2.05) is 31.2 Å². The molecule has 0 fully saturated rings. The summed E-state index contributed by atoms with van der Waals surface area (Å²) in [6, 6.07) is 7.60. The van der Waals surface area contributed by atoms with Crippen LogP contribution < -0.4 is 10.1 Å². The van der Waals surface area contributed by atoms with Gasteiger partial charge in [0.2, 0.25) is 11.0 Å². The van der Waals surface area contributed by atoms with E-state index >= 15 is 0 Å². The molecule has 7 heteroatoms. The van der Waals surface area contributed by atoms with Gasteiger partial charge in [0.05, 0.1) is 6.61 Å². The smallest absolute Gasteiger partial charge is 0.250 e. The molecule has 2 aromatic rings. The van der Waals surface area contributed by atoms with E-state index in [9.17, 15) is 4.79 Å². The van der Waals surface area contributed by atoms with E-state index in [0.717, 1.165) is 34.2 Å². The van der Waals surface area contributed by atoms with Crippen LogP contribution in [-0.2, 0) is 4.79 Å². The van der Waals surface area contributed by atoms with Crippen LogP contribution in [0.5, 0.6) is 5.75 Å². The SMILES string of the molecule is CCCCSc1nnc(NC(=O)/C=C/c2ccccc2OCC)s1. The first-order chi connectivity index (χ1) is 11.7. The highest BCUT2D eigenvalue weighted by molar-refractivity contribution is 8.01. The fourth-order valence-electron chi connectivity index (χ4n) is 1.84. The van der Waals surface area contributed by atoms with Gasteiger partial charge in [-0.2, -0.15) is 0 Å². The van der Waals surface area contributed by atoms with E-state index in [2.05, 4.69) is 22.4 Å². The molecule has 24 heavy (non-hydrogen) atoms. The van der Waals surface area contributed by atoms with Crippen molar-refractivity contribution in [2.24, 2.45) is 0 Å². The number of unbranched alkanes of at least 4 members (excludes halogenated alkanes) is 1. The van der Waals surface area contributed by atoms with Gasteiger partial charge in [-0.3, -0.25) is 10.1 Å². The van der Waals surface area contributed by atoms with Gasteiger partial charge in [0.25, 0.3) is 0 Å². The van der Waals surface area contributed by atoms with E-state index in [4.69, 9.17) is 4.74 Å². The fourth-order valence-corrected chi connectivity index (χ4v) is 3.75. The normalized spacial score (nSPS) is 10.9. The zero-order valence-electron chi connectivity index (χ0n) is 13.8. The molecule has 2 rings (SSSR count). The van der Waals surface area contributed by atoms with Crippen LogP contribution in [0.25, 0.3) is 6.08 Å². The van der Waals surface area contributed by atoms with Crippen molar-refractivity contribution in [1.82, 2.24) is 10.2 Å². The standard InChI is InChI=1S/C17H21N3O2S2/c1-3-5-12-23-17-20-19-16(24-17)18-15(21)11-10-13-8-6-7-9-14(13)22-4-2/h6-11H,3-5,12H2,1-2H3,(H,18,19,21)/b11-10+. The van der Waals surface area contributed by atoms with Gasteiger partial charge in [0.1, 0.15) is 5.75 Å². The molecule has 0 aliphatic heterocycles. The maximum Gasteiger partial charge on any atom is 0.250 e. The van der Waals surface area contributed by atoms with Crippen molar-refractivity contribution in [1.29, 1.82) is 0 Å². The number of ether oxygens (including phenoxy) is 1. The lowest BCUT2D eigenvalue weighted by molar-refractivity contribution is -0.111. The van der Waals surface area contributed by atoms with E-state index in [1.165, 1.54) is 17.4 Å². The summed E-state index contributed by atoms with van der Waals surface area (Å²) in [6.45, 7) is 4.67. The number of hydrogen-bond acceptors (Lipinski definition) is 6. The molecule has 0 aliphatic rings. The summed E-state index contributed by atoms with van der Waals surface area (Å²) in [7, 11) is 0. The van der Waals surface area contributed by atoms with Gasteiger partial charge >= 0.3 is 0 Å². The highest BCUT2D eigenvalue weighted by Crippen LogP contribution is 2.26. The second-order valence-electron chi connectivity index (χ2n) is 4.87. The van der Waals surface area contributed by atoms with E-state index in [0.29, 0.717) is 11.7 Å². The number of thioether (sulfide) groups is 1. The van der Waals surface area contributed by atoms with Crippen molar-refractivity contribution in [2.75, 3.05) is 17.7 Å². The third-order valence-corrected chi connectivity index (χ3v) is 5.05. The fraction of sp³-hybridized carbons (Fsp3) is 0.353. The Balaban J connectivity index is 1.91. The summed E-state index contributed by atoms with van der Waals surface area (Å²) in [5.74, 6) is 1.55. The lowest BCUT2D eigenvalue weighted by atomic mass is 10.2. The number of nitrogens with zero attached hydrogens (tertiary/aromatic N) is 2. The second kappa shape index (κ2) is 10.1. The molecule has 0 bridgehead atoms. The Bertz CT molecular complexity index is 686. The van der Waals surface area contributed by atoms with Gasteiger partial charge in [-0.25, -0.2) is 0 Å². The topological polar surface area (TPSA) is 64.1 Å². The van der Waals surface area contributed by atoms with Crippen LogP contribution in [0, 0.1) is 0 Å². The number of benzene rings is 1. The van der Waals surface area contributed by atoms with Crippen molar-refractivity contribution in [2.45, 2.75) is 31.0 Å². The molecule has 0 spiro atoms. The predicted molar refractivity (Wildman–Crippen MR) is 101 cm³/mol. The zero-order chi connectivity index (χ0) is 17.2. The number of anilines is 1. The number of amides is 1. The lowest BCUT2D eigenvalue weighted by Gasteiger charge is -2.05. The molecule has 0 radical (unpaired) electrons. The van der Waals surface area contributed by atoms with Crippen LogP contribution in [0.1, 0.15) is 32.3 Å². The van der Waals surface area contributed by atoms with Gasteiger partial charge < -0.3 is 4.74 Å². The van der Waals surface area contributed by atoms with Gasteiger partial charge in [0, 0.05) is 17.4 Å². The highest BCUT2D eigenvalue weighted by atomic mass is 32.2. The molecule has 0 unspecified atom stereocenters. The minimum Gasteiger partial charge on any atom is -0.493 e. The van der Waals surface area contributed by atoms with E-state index in [1.54, 1.807) is 17.8 Å². The number of rotatable bonds is 9. The number of para-hydroxylation sites is 1. The molecule has 1 aromatic heterocycles. The number of carbonyl (C=O) groups is 1. The van der Waals surface area contributed by atoms with Crippen LogP contribution >= 0.6 is 23.1 Å². The van der Waals surface area contributed by atoms with Crippen LogP contribution in [0.15, 0.2) is 34.7 Å². The molecule has 5 nitrogen and oxygen atoms in total. The van der Waals surface area contributed by atoms with Crippen molar-refractivity contribution in [3.05, 3.63) is 35.9 Å².